The van der Waals surface area contributed by atoms with Crippen molar-refractivity contribution in [1.82, 2.24) is 0 Å². The Morgan fingerprint density at radius 1 is 1.40 bits per heavy atom. The van der Waals surface area contributed by atoms with Crippen LogP contribution >= 0.6 is 0 Å². The zero-order valence-electron chi connectivity index (χ0n) is 9.15. The maximum absolute atomic E-state index is 8.89. The predicted octanol–water partition coefficient (Wildman–Crippen LogP) is 1.20. The Kier molecular flexibility index (Phi) is 5.15. The van der Waals surface area contributed by atoms with Gasteiger partial charge in [0.05, 0.1) is 6.61 Å². The fraction of sp³-hybridized carbons (Fsp3) is 0.500. The molecule has 84 valence electrons. The van der Waals surface area contributed by atoms with Crippen molar-refractivity contribution in [1.29, 1.82) is 0 Å². The first-order chi connectivity index (χ1) is 7.27. The Balaban J connectivity index is 2.58. The summed E-state index contributed by atoms with van der Waals surface area (Å²) in [6.45, 7) is 3.45. The summed E-state index contributed by atoms with van der Waals surface area (Å²) < 4.78 is 5.65. The molecule has 0 amide bonds. The molecule has 0 spiro atoms. The first-order valence-corrected chi connectivity index (χ1v) is 5.29. The number of para-hydroxylation sites is 1. The Hall–Kier alpha value is -1.06. The highest BCUT2D eigenvalue weighted by Crippen LogP contribution is 2.18. The van der Waals surface area contributed by atoms with E-state index in [1.165, 1.54) is 0 Å². The molecule has 15 heavy (non-hydrogen) atoms. The summed E-state index contributed by atoms with van der Waals surface area (Å²) in [7, 11) is 0. The molecule has 0 saturated carbocycles. The molecule has 0 saturated heterocycles. The average molecular weight is 209 g/mol. The van der Waals surface area contributed by atoms with Gasteiger partial charge in [-0.25, -0.2) is 0 Å². The van der Waals surface area contributed by atoms with Crippen LogP contribution in [0.3, 0.4) is 0 Å². The summed E-state index contributed by atoms with van der Waals surface area (Å²) >= 11 is 0. The molecule has 1 unspecified atom stereocenters. The number of aliphatic hydroxyl groups is 1. The molecule has 0 aliphatic rings. The molecule has 1 aromatic carbocycles. The van der Waals surface area contributed by atoms with Gasteiger partial charge in [0.25, 0.3) is 0 Å². The molecule has 0 fully saturated rings. The third-order valence-electron chi connectivity index (χ3n) is 2.28. The van der Waals surface area contributed by atoms with Crippen LogP contribution in [0.5, 0.6) is 5.75 Å². The largest absolute Gasteiger partial charge is 0.493 e. The van der Waals surface area contributed by atoms with Crippen molar-refractivity contribution < 1.29 is 9.84 Å². The molecule has 3 heteroatoms. The van der Waals surface area contributed by atoms with E-state index in [0.29, 0.717) is 25.5 Å². The summed E-state index contributed by atoms with van der Waals surface area (Å²) in [5, 5.41) is 8.89. The Morgan fingerprint density at radius 3 is 2.80 bits per heavy atom. The minimum atomic E-state index is 0.146. The van der Waals surface area contributed by atoms with E-state index >= 15 is 0 Å². The zero-order chi connectivity index (χ0) is 11.1. The topological polar surface area (TPSA) is 55.5 Å². The molecule has 0 aliphatic heterocycles. The lowest BCUT2D eigenvalue weighted by Crippen LogP contribution is -2.18. The van der Waals surface area contributed by atoms with Crippen LogP contribution in [-0.4, -0.2) is 24.9 Å². The number of nitrogens with two attached hydrogens (primary N) is 1. The monoisotopic (exact) mass is 209 g/mol. The van der Waals surface area contributed by atoms with E-state index in [9.17, 15) is 0 Å². The second kappa shape index (κ2) is 6.43. The van der Waals surface area contributed by atoms with Gasteiger partial charge >= 0.3 is 0 Å². The van der Waals surface area contributed by atoms with Gasteiger partial charge in [-0.15, -0.1) is 0 Å². The van der Waals surface area contributed by atoms with Gasteiger partial charge in [-0.2, -0.15) is 0 Å². The summed E-state index contributed by atoms with van der Waals surface area (Å²) in [5.74, 6) is 1.21. The van der Waals surface area contributed by atoms with Crippen molar-refractivity contribution >= 4 is 0 Å². The van der Waals surface area contributed by atoms with Crippen molar-refractivity contribution in [3.05, 3.63) is 29.8 Å². The number of hydrogen-bond donors (Lipinski definition) is 2. The maximum Gasteiger partial charge on any atom is 0.122 e. The van der Waals surface area contributed by atoms with E-state index in [4.69, 9.17) is 15.6 Å². The fourth-order valence-electron chi connectivity index (χ4n) is 1.27. The quantitative estimate of drug-likeness (QED) is 0.740. The van der Waals surface area contributed by atoms with Crippen LogP contribution in [-0.2, 0) is 6.42 Å². The average Bonchev–Trinajstić information content (AvgIpc) is 2.28. The Bertz CT molecular complexity index is 289. The molecule has 0 heterocycles. The number of benzene rings is 1. The third-order valence-corrected chi connectivity index (χ3v) is 2.28. The lowest BCUT2D eigenvalue weighted by atomic mass is 10.1. The van der Waals surface area contributed by atoms with Crippen LogP contribution in [0.1, 0.15) is 12.5 Å². The summed E-state index contributed by atoms with van der Waals surface area (Å²) in [4.78, 5) is 0. The molecule has 1 atom stereocenters. The van der Waals surface area contributed by atoms with Gasteiger partial charge in [-0.05, 0) is 24.6 Å². The second-order valence-corrected chi connectivity index (χ2v) is 3.73. The Labute approximate surface area is 90.9 Å². The third kappa shape index (κ3) is 3.90. The highest BCUT2D eigenvalue weighted by Gasteiger charge is 2.04. The van der Waals surface area contributed by atoms with E-state index in [-0.39, 0.29) is 6.61 Å². The minimum Gasteiger partial charge on any atom is -0.493 e. The van der Waals surface area contributed by atoms with Crippen molar-refractivity contribution in [2.75, 3.05) is 19.8 Å². The summed E-state index contributed by atoms with van der Waals surface area (Å²) in [6.07, 6.45) is 0.632. The minimum absolute atomic E-state index is 0.146. The molecule has 1 aromatic rings. The molecule has 3 N–H and O–H groups in total. The van der Waals surface area contributed by atoms with E-state index in [1.54, 1.807) is 0 Å². The molecule has 0 radical (unpaired) electrons. The van der Waals surface area contributed by atoms with Crippen molar-refractivity contribution in [2.24, 2.45) is 11.7 Å². The highest BCUT2D eigenvalue weighted by molar-refractivity contribution is 5.33. The Morgan fingerprint density at radius 2 is 2.13 bits per heavy atom. The van der Waals surface area contributed by atoms with Gasteiger partial charge in [0.2, 0.25) is 0 Å². The van der Waals surface area contributed by atoms with Crippen LogP contribution in [0.25, 0.3) is 0 Å². The number of ether oxygens (including phenoxy) is 1. The van der Waals surface area contributed by atoms with Gasteiger partial charge in [0.15, 0.2) is 0 Å². The first kappa shape index (κ1) is 12.0. The van der Waals surface area contributed by atoms with Crippen LogP contribution in [0, 0.1) is 5.92 Å². The van der Waals surface area contributed by atoms with E-state index in [2.05, 4.69) is 6.92 Å². The fourth-order valence-corrected chi connectivity index (χ4v) is 1.27. The molecule has 0 aromatic heterocycles. The summed E-state index contributed by atoms with van der Waals surface area (Å²) in [6, 6.07) is 7.78. The molecule has 1 rings (SSSR count). The molecule has 3 nitrogen and oxygen atoms in total. The van der Waals surface area contributed by atoms with Gasteiger partial charge < -0.3 is 15.6 Å². The van der Waals surface area contributed by atoms with Crippen molar-refractivity contribution in [3.63, 3.8) is 0 Å². The highest BCUT2D eigenvalue weighted by atomic mass is 16.5. The number of aliphatic hydroxyl groups excluding tert-OH is 1. The van der Waals surface area contributed by atoms with Gasteiger partial charge in [-0.1, -0.05) is 25.1 Å². The van der Waals surface area contributed by atoms with Gasteiger partial charge in [0, 0.05) is 12.5 Å². The van der Waals surface area contributed by atoms with E-state index in [0.717, 1.165) is 11.3 Å². The lowest BCUT2D eigenvalue weighted by molar-refractivity contribution is 0.256. The normalized spacial score (nSPS) is 12.5. The molecular weight excluding hydrogens is 190 g/mol. The SMILES string of the molecule is CC(CN)COc1ccccc1CCO. The molecular formula is C12H19NO2. The van der Waals surface area contributed by atoms with E-state index in [1.807, 2.05) is 24.3 Å². The van der Waals surface area contributed by atoms with E-state index < -0.39 is 0 Å². The second-order valence-electron chi connectivity index (χ2n) is 3.73. The van der Waals surface area contributed by atoms with Crippen molar-refractivity contribution in [3.8, 4) is 5.75 Å². The van der Waals surface area contributed by atoms with Crippen LogP contribution in [0.2, 0.25) is 0 Å². The van der Waals surface area contributed by atoms with Crippen molar-refractivity contribution in [2.45, 2.75) is 13.3 Å². The predicted molar refractivity (Wildman–Crippen MR) is 60.9 cm³/mol. The van der Waals surface area contributed by atoms with Crippen LogP contribution in [0.4, 0.5) is 0 Å². The number of hydrogen-bond acceptors (Lipinski definition) is 3. The zero-order valence-corrected chi connectivity index (χ0v) is 9.15. The lowest BCUT2D eigenvalue weighted by Gasteiger charge is -2.13. The standard InChI is InChI=1S/C12H19NO2/c1-10(8-13)9-15-12-5-3-2-4-11(12)6-7-14/h2-5,10,14H,6-9,13H2,1H3. The molecule has 0 bridgehead atoms. The van der Waals surface area contributed by atoms with Gasteiger partial charge in [-0.3, -0.25) is 0 Å². The maximum atomic E-state index is 8.89. The van der Waals surface area contributed by atoms with Crippen LogP contribution < -0.4 is 10.5 Å². The first-order valence-electron chi connectivity index (χ1n) is 5.29. The van der Waals surface area contributed by atoms with Gasteiger partial charge in [0.1, 0.15) is 5.75 Å². The smallest absolute Gasteiger partial charge is 0.122 e. The summed E-state index contributed by atoms with van der Waals surface area (Å²) in [5.41, 5.74) is 6.56. The number of rotatable bonds is 6. The van der Waals surface area contributed by atoms with Crippen LogP contribution in [0.15, 0.2) is 24.3 Å². The molecule has 0 aliphatic carbocycles.